The SMILES string of the molecule is COc1ccc(NS(=O)(=O)c2cccc(C(=O)Nc3ccc4c(c3)CCC4)c2)cc1. The first-order valence-corrected chi connectivity index (χ1v) is 11.1. The zero-order valence-electron chi connectivity index (χ0n) is 16.5. The molecule has 7 heteroatoms. The van der Waals surface area contributed by atoms with Gasteiger partial charge in [-0.3, -0.25) is 9.52 Å². The summed E-state index contributed by atoms with van der Waals surface area (Å²) in [4.78, 5) is 12.7. The van der Waals surface area contributed by atoms with Gasteiger partial charge >= 0.3 is 0 Å². The summed E-state index contributed by atoms with van der Waals surface area (Å²) in [5.41, 5.74) is 3.97. The Kier molecular flexibility index (Phi) is 5.46. The van der Waals surface area contributed by atoms with Gasteiger partial charge in [-0.15, -0.1) is 0 Å². The lowest BCUT2D eigenvalue weighted by Gasteiger charge is -2.11. The van der Waals surface area contributed by atoms with Crippen molar-refractivity contribution >= 4 is 27.3 Å². The number of amides is 1. The van der Waals surface area contributed by atoms with Crippen molar-refractivity contribution in [3.63, 3.8) is 0 Å². The minimum Gasteiger partial charge on any atom is -0.497 e. The highest BCUT2D eigenvalue weighted by Crippen LogP contribution is 2.25. The monoisotopic (exact) mass is 422 g/mol. The second-order valence-corrected chi connectivity index (χ2v) is 8.84. The van der Waals surface area contributed by atoms with E-state index in [2.05, 4.69) is 10.0 Å². The number of rotatable bonds is 6. The van der Waals surface area contributed by atoms with Crippen molar-refractivity contribution in [2.75, 3.05) is 17.1 Å². The van der Waals surface area contributed by atoms with Crippen LogP contribution < -0.4 is 14.8 Å². The normalized spacial score (nSPS) is 12.8. The molecule has 3 aromatic rings. The van der Waals surface area contributed by atoms with E-state index in [4.69, 9.17) is 4.74 Å². The number of benzene rings is 3. The van der Waals surface area contributed by atoms with E-state index in [1.165, 1.54) is 23.3 Å². The molecule has 3 aromatic carbocycles. The third-order valence-corrected chi connectivity index (χ3v) is 6.48. The summed E-state index contributed by atoms with van der Waals surface area (Å²) >= 11 is 0. The Hall–Kier alpha value is -3.32. The molecule has 6 nitrogen and oxygen atoms in total. The number of methoxy groups -OCH3 is 1. The van der Waals surface area contributed by atoms with Crippen molar-refractivity contribution in [2.24, 2.45) is 0 Å². The number of carbonyl (C=O) groups is 1. The highest BCUT2D eigenvalue weighted by Gasteiger charge is 2.17. The van der Waals surface area contributed by atoms with Gasteiger partial charge < -0.3 is 10.1 Å². The second-order valence-electron chi connectivity index (χ2n) is 7.15. The van der Waals surface area contributed by atoms with Crippen LogP contribution in [0.25, 0.3) is 0 Å². The van der Waals surface area contributed by atoms with E-state index in [1.807, 2.05) is 18.2 Å². The average Bonchev–Trinajstić information content (AvgIpc) is 3.22. The largest absolute Gasteiger partial charge is 0.497 e. The second kappa shape index (κ2) is 8.20. The summed E-state index contributed by atoms with van der Waals surface area (Å²) in [6.45, 7) is 0. The number of hydrogen-bond donors (Lipinski definition) is 2. The van der Waals surface area contributed by atoms with Crippen molar-refractivity contribution in [2.45, 2.75) is 24.2 Å². The fourth-order valence-corrected chi connectivity index (χ4v) is 4.63. The fourth-order valence-electron chi connectivity index (χ4n) is 3.53. The lowest BCUT2D eigenvalue weighted by molar-refractivity contribution is 0.102. The number of fused-ring (bicyclic) bond motifs is 1. The molecule has 0 aromatic heterocycles. The van der Waals surface area contributed by atoms with Crippen LogP contribution in [0.5, 0.6) is 5.75 Å². The third-order valence-electron chi connectivity index (χ3n) is 5.11. The molecule has 0 bridgehead atoms. The highest BCUT2D eigenvalue weighted by molar-refractivity contribution is 7.92. The summed E-state index contributed by atoms with van der Waals surface area (Å²) in [5.74, 6) is 0.276. The Morgan fingerprint density at radius 1 is 0.900 bits per heavy atom. The summed E-state index contributed by atoms with van der Waals surface area (Å²) in [6.07, 6.45) is 3.22. The highest BCUT2D eigenvalue weighted by atomic mass is 32.2. The summed E-state index contributed by atoms with van der Waals surface area (Å²) in [5, 5.41) is 2.86. The molecule has 2 N–H and O–H groups in total. The Morgan fingerprint density at radius 2 is 1.63 bits per heavy atom. The quantitative estimate of drug-likeness (QED) is 0.622. The molecule has 0 unspecified atom stereocenters. The van der Waals surface area contributed by atoms with Gasteiger partial charge in [-0.05, 0) is 85.0 Å². The topological polar surface area (TPSA) is 84.5 Å². The number of sulfonamides is 1. The zero-order chi connectivity index (χ0) is 21.1. The summed E-state index contributed by atoms with van der Waals surface area (Å²) in [7, 11) is -2.30. The lowest BCUT2D eigenvalue weighted by Crippen LogP contribution is -2.16. The molecule has 0 radical (unpaired) electrons. The molecule has 0 aliphatic heterocycles. The van der Waals surface area contributed by atoms with Crippen LogP contribution in [0.1, 0.15) is 27.9 Å². The van der Waals surface area contributed by atoms with E-state index < -0.39 is 10.0 Å². The fraction of sp³-hybridized carbons (Fsp3) is 0.174. The molecule has 1 amide bonds. The molecule has 1 aliphatic rings. The van der Waals surface area contributed by atoms with E-state index in [0.717, 1.165) is 19.3 Å². The van der Waals surface area contributed by atoms with Crippen LogP contribution in [0.15, 0.2) is 71.6 Å². The first-order valence-electron chi connectivity index (χ1n) is 9.65. The van der Waals surface area contributed by atoms with Crippen LogP contribution in [0.4, 0.5) is 11.4 Å². The Balaban J connectivity index is 1.51. The van der Waals surface area contributed by atoms with Gasteiger partial charge in [0.15, 0.2) is 0 Å². The number of ether oxygens (including phenoxy) is 1. The average molecular weight is 423 g/mol. The van der Waals surface area contributed by atoms with E-state index in [9.17, 15) is 13.2 Å². The molecular weight excluding hydrogens is 400 g/mol. The van der Waals surface area contributed by atoms with Crippen LogP contribution in [-0.4, -0.2) is 21.4 Å². The Labute approximate surface area is 176 Å². The van der Waals surface area contributed by atoms with Crippen molar-refractivity contribution in [1.29, 1.82) is 0 Å². The summed E-state index contributed by atoms with van der Waals surface area (Å²) in [6, 6.07) is 18.4. The summed E-state index contributed by atoms with van der Waals surface area (Å²) < 4.78 is 33.1. The van der Waals surface area contributed by atoms with Gasteiger partial charge in [-0.25, -0.2) is 8.42 Å². The van der Waals surface area contributed by atoms with Crippen LogP contribution in [-0.2, 0) is 22.9 Å². The van der Waals surface area contributed by atoms with E-state index in [0.29, 0.717) is 17.1 Å². The molecule has 154 valence electrons. The molecule has 30 heavy (non-hydrogen) atoms. The first kappa shape index (κ1) is 20.0. The minimum absolute atomic E-state index is 0.0138. The lowest BCUT2D eigenvalue weighted by atomic mass is 10.1. The molecule has 0 atom stereocenters. The van der Waals surface area contributed by atoms with Crippen LogP contribution in [0.3, 0.4) is 0 Å². The van der Waals surface area contributed by atoms with Crippen molar-refractivity contribution in [3.8, 4) is 5.75 Å². The Bertz CT molecular complexity index is 1190. The van der Waals surface area contributed by atoms with Gasteiger partial charge in [0.1, 0.15) is 5.75 Å². The standard InChI is InChI=1S/C23H22N2O4S/c1-29-21-12-10-19(11-13-21)25-30(27,28)22-7-3-6-18(15-22)23(26)24-20-9-8-16-4-2-5-17(16)14-20/h3,6-15,25H,2,4-5H2,1H3,(H,24,26). The maximum absolute atomic E-state index is 12.7. The van der Waals surface area contributed by atoms with Gasteiger partial charge in [0.2, 0.25) is 0 Å². The first-order chi connectivity index (χ1) is 14.4. The van der Waals surface area contributed by atoms with Gasteiger partial charge in [0.05, 0.1) is 12.0 Å². The third kappa shape index (κ3) is 4.31. The van der Waals surface area contributed by atoms with E-state index in [1.54, 1.807) is 43.5 Å². The van der Waals surface area contributed by atoms with Gasteiger partial charge in [-0.1, -0.05) is 12.1 Å². The van der Waals surface area contributed by atoms with Crippen molar-refractivity contribution < 1.29 is 17.9 Å². The predicted molar refractivity (Wildman–Crippen MR) is 117 cm³/mol. The molecule has 0 saturated heterocycles. The number of anilines is 2. The molecule has 0 saturated carbocycles. The van der Waals surface area contributed by atoms with E-state index in [-0.39, 0.29) is 16.4 Å². The zero-order valence-corrected chi connectivity index (χ0v) is 17.3. The Morgan fingerprint density at radius 3 is 2.40 bits per heavy atom. The maximum Gasteiger partial charge on any atom is 0.261 e. The number of hydrogen-bond acceptors (Lipinski definition) is 4. The van der Waals surface area contributed by atoms with Crippen LogP contribution in [0, 0.1) is 0 Å². The van der Waals surface area contributed by atoms with Crippen molar-refractivity contribution in [3.05, 3.63) is 83.4 Å². The number of carbonyl (C=O) groups excluding carboxylic acids is 1. The van der Waals surface area contributed by atoms with Crippen LogP contribution >= 0.6 is 0 Å². The smallest absolute Gasteiger partial charge is 0.261 e. The molecule has 1 aliphatic carbocycles. The molecular formula is C23H22N2O4S. The molecule has 0 fully saturated rings. The van der Waals surface area contributed by atoms with Crippen LogP contribution in [0.2, 0.25) is 0 Å². The molecule has 0 heterocycles. The van der Waals surface area contributed by atoms with Gasteiger partial charge in [0, 0.05) is 16.9 Å². The predicted octanol–water partition coefficient (Wildman–Crippen LogP) is 4.24. The number of nitrogens with one attached hydrogen (secondary N) is 2. The van der Waals surface area contributed by atoms with Gasteiger partial charge in [0.25, 0.3) is 15.9 Å². The molecule has 0 spiro atoms. The number of aryl methyl sites for hydroxylation is 2. The molecule has 4 rings (SSSR count). The van der Waals surface area contributed by atoms with E-state index >= 15 is 0 Å². The van der Waals surface area contributed by atoms with Crippen molar-refractivity contribution in [1.82, 2.24) is 0 Å². The maximum atomic E-state index is 12.7. The van der Waals surface area contributed by atoms with Gasteiger partial charge in [-0.2, -0.15) is 0 Å². The minimum atomic E-state index is -3.84.